The van der Waals surface area contributed by atoms with Crippen LogP contribution in [0.5, 0.6) is 0 Å². The number of methoxy groups -OCH3 is 1. The fourth-order valence-corrected chi connectivity index (χ4v) is 2.44. The van der Waals surface area contributed by atoms with Crippen molar-refractivity contribution in [1.29, 1.82) is 0 Å². The van der Waals surface area contributed by atoms with Crippen molar-refractivity contribution in [2.45, 2.75) is 32.4 Å². The zero-order chi connectivity index (χ0) is 16.1. The van der Waals surface area contributed by atoms with E-state index in [9.17, 15) is 14.4 Å². The van der Waals surface area contributed by atoms with Gasteiger partial charge in [0.2, 0.25) is 11.8 Å². The highest BCUT2D eigenvalue weighted by atomic mass is 16.5. The van der Waals surface area contributed by atoms with E-state index in [0.717, 1.165) is 0 Å². The third-order valence-electron chi connectivity index (χ3n) is 3.60. The van der Waals surface area contributed by atoms with Crippen LogP contribution in [-0.2, 0) is 25.7 Å². The maximum absolute atomic E-state index is 12.2. The van der Waals surface area contributed by atoms with Crippen molar-refractivity contribution < 1.29 is 23.5 Å². The molecule has 1 aromatic heterocycles. The summed E-state index contributed by atoms with van der Waals surface area (Å²) in [5, 5.41) is 2.74. The van der Waals surface area contributed by atoms with Gasteiger partial charge in [0.25, 0.3) is 0 Å². The van der Waals surface area contributed by atoms with Crippen molar-refractivity contribution >= 4 is 17.8 Å². The summed E-state index contributed by atoms with van der Waals surface area (Å²) in [6.07, 6.45) is 1.84. The lowest BCUT2D eigenvalue weighted by molar-refractivity contribution is -0.141. The molecule has 2 rings (SSSR count). The fourth-order valence-electron chi connectivity index (χ4n) is 2.44. The van der Waals surface area contributed by atoms with Crippen molar-refractivity contribution in [3.05, 3.63) is 24.2 Å². The number of carbonyl (C=O) groups excluding carboxylic acids is 3. The van der Waals surface area contributed by atoms with E-state index in [-0.39, 0.29) is 36.7 Å². The van der Waals surface area contributed by atoms with E-state index in [4.69, 9.17) is 4.42 Å². The van der Waals surface area contributed by atoms with Crippen molar-refractivity contribution in [1.82, 2.24) is 10.2 Å². The molecule has 120 valence electrons. The summed E-state index contributed by atoms with van der Waals surface area (Å²) in [6.45, 7) is 2.45. The van der Waals surface area contributed by atoms with Crippen LogP contribution in [0.2, 0.25) is 0 Å². The molecule has 1 aliphatic rings. The minimum atomic E-state index is -0.400. The molecule has 22 heavy (non-hydrogen) atoms. The van der Waals surface area contributed by atoms with Crippen LogP contribution in [0.15, 0.2) is 22.8 Å². The molecule has 0 saturated carbocycles. The second-order valence-electron chi connectivity index (χ2n) is 5.44. The van der Waals surface area contributed by atoms with Crippen LogP contribution in [0.4, 0.5) is 0 Å². The highest BCUT2D eigenvalue weighted by molar-refractivity contribution is 5.89. The second-order valence-corrected chi connectivity index (χ2v) is 5.44. The van der Waals surface area contributed by atoms with Crippen LogP contribution >= 0.6 is 0 Å². The van der Waals surface area contributed by atoms with Gasteiger partial charge in [-0.2, -0.15) is 0 Å². The van der Waals surface area contributed by atoms with Crippen molar-refractivity contribution in [3.63, 3.8) is 0 Å². The Hall–Kier alpha value is -2.31. The molecule has 2 heterocycles. The average Bonchev–Trinajstić information content (AvgIpc) is 3.09. The van der Waals surface area contributed by atoms with Gasteiger partial charge >= 0.3 is 5.97 Å². The third-order valence-corrected chi connectivity index (χ3v) is 3.60. The lowest BCUT2D eigenvalue weighted by Gasteiger charge is -2.17. The van der Waals surface area contributed by atoms with Crippen LogP contribution in [0, 0.1) is 5.92 Å². The Kier molecular flexibility index (Phi) is 5.19. The van der Waals surface area contributed by atoms with Gasteiger partial charge in [-0.1, -0.05) is 0 Å². The predicted molar refractivity (Wildman–Crippen MR) is 76.5 cm³/mol. The molecule has 2 amide bonds. The molecule has 0 aliphatic carbocycles. The number of rotatable bonds is 6. The predicted octanol–water partition coefficient (Wildman–Crippen LogP) is 0.696. The van der Waals surface area contributed by atoms with Crippen molar-refractivity contribution in [3.8, 4) is 0 Å². The van der Waals surface area contributed by atoms with Crippen LogP contribution in [0.1, 0.15) is 25.5 Å². The maximum atomic E-state index is 12.2. The Morgan fingerprint density at radius 1 is 1.55 bits per heavy atom. The molecular weight excluding hydrogens is 288 g/mol. The molecule has 7 heteroatoms. The quantitative estimate of drug-likeness (QED) is 0.781. The molecule has 1 aromatic rings. The molecule has 0 radical (unpaired) electrons. The van der Waals surface area contributed by atoms with E-state index in [1.54, 1.807) is 30.2 Å². The molecule has 2 atom stereocenters. The monoisotopic (exact) mass is 308 g/mol. The van der Waals surface area contributed by atoms with E-state index in [2.05, 4.69) is 10.1 Å². The smallest absolute Gasteiger partial charge is 0.307 e. The SMILES string of the molecule is COC(=O)CC(C)NC(=O)C1CC(=O)N(Cc2ccco2)C1. The number of nitrogens with one attached hydrogen (secondary N) is 1. The van der Waals surface area contributed by atoms with E-state index in [1.165, 1.54) is 7.11 Å². The Labute approximate surface area is 128 Å². The lowest BCUT2D eigenvalue weighted by atomic mass is 10.1. The van der Waals surface area contributed by atoms with Gasteiger partial charge in [0.1, 0.15) is 5.76 Å². The molecule has 2 unspecified atom stereocenters. The number of hydrogen-bond donors (Lipinski definition) is 1. The highest BCUT2D eigenvalue weighted by Crippen LogP contribution is 2.20. The zero-order valence-corrected chi connectivity index (χ0v) is 12.7. The molecule has 1 N–H and O–H groups in total. The summed E-state index contributed by atoms with van der Waals surface area (Å²) in [6, 6.07) is 3.22. The second kappa shape index (κ2) is 7.11. The molecule has 0 spiro atoms. The van der Waals surface area contributed by atoms with Gasteiger partial charge in [0.05, 0.1) is 32.3 Å². The Morgan fingerprint density at radius 3 is 2.95 bits per heavy atom. The van der Waals surface area contributed by atoms with E-state index in [1.807, 2.05) is 0 Å². The van der Waals surface area contributed by atoms with Crippen molar-refractivity contribution in [2.24, 2.45) is 5.92 Å². The standard InChI is InChI=1S/C15H20N2O5/c1-10(6-14(19)21-2)16-15(20)11-7-13(18)17(8-11)9-12-4-3-5-22-12/h3-5,10-11H,6-9H2,1-2H3,(H,16,20). The molecule has 1 fully saturated rings. The number of likely N-dealkylation sites (tertiary alicyclic amines) is 1. The summed E-state index contributed by atoms with van der Waals surface area (Å²) in [5.41, 5.74) is 0. The fraction of sp³-hybridized carbons (Fsp3) is 0.533. The summed E-state index contributed by atoms with van der Waals surface area (Å²) in [5.74, 6) is -0.380. The highest BCUT2D eigenvalue weighted by Gasteiger charge is 2.35. The lowest BCUT2D eigenvalue weighted by Crippen LogP contribution is -2.39. The average molecular weight is 308 g/mol. The Morgan fingerprint density at radius 2 is 2.32 bits per heavy atom. The number of ether oxygens (including phenoxy) is 1. The number of furan rings is 1. The summed E-state index contributed by atoms with van der Waals surface area (Å²) >= 11 is 0. The molecule has 0 bridgehead atoms. The topological polar surface area (TPSA) is 88.8 Å². The molecule has 7 nitrogen and oxygen atoms in total. The number of carbonyl (C=O) groups is 3. The van der Waals surface area contributed by atoms with Crippen LogP contribution in [0.3, 0.4) is 0 Å². The first-order chi connectivity index (χ1) is 10.5. The third kappa shape index (κ3) is 4.09. The summed E-state index contributed by atoms with van der Waals surface area (Å²) < 4.78 is 9.77. The maximum Gasteiger partial charge on any atom is 0.307 e. The van der Waals surface area contributed by atoms with Crippen LogP contribution in [0.25, 0.3) is 0 Å². The number of amides is 2. The first-order valence-corrected chi connectivity index (χ1v) is 7.17. The first kappa shape index (κ1) is 16.1. The first-order valence-electron chi connectivity index (χ1n) is 7.17. The van der Waals surface area contributed by atoms with Gasteiger partial charge in [0.15, 0.2) is 0 Å². The molecule has 1 saturated heterocycles. The van der Waals surface area contributed by atoms with Gasteiger partial charge in [-0.25, -0.2) is 0 Å². The number of esters is 1. The summed E-state index contributed by atoms with van der Waals surface area (Å²) in [7, 11) is 1.30. The van der Waals surface area contributed by atoms with Gasteiger partial charge in [-0.3, -0.25) is 14.4 Å². The zero-order valence-electron chi connectivity index (χ0n) is 12.7. The van der Waals surface area contributed by atoms with Crippen LogP contribution < -0.4 is 5.32 Å². The molecule has 1 aliphatic heterocycles. The van der Waals surface area contributed by atoms with Gasteiger partial charge < -0.3 is 19.4 Å². The minimum absolute atomic E-state index is 0.0721. The van der Waals surface area contributed by atoms with Gasteiger partial charge in [-0.15, -0.1) is 0 Å². The summed E-state index contributed by atoms with van der Waals surface area (Å²) in [4.78, 5) is 36.9. The number of nitrogens with zero attached hydrogens (tertiary/aromatic N) is 1. The molecule has 0 aromatic carbocycles. The Balaban J connectivity index is 1.84. The van der Waals surface area contributed by atoms with Gasteiger partial charge in [0, 0.05) is 19.0 Å². The van der Waals surface area contributed by atoms with Crippen molar-refractivity contribution in [2.75, 3.05) is 13.7 Å². The minimum Gasteiger partial charge on any atom is -0.469 e. The van der Waals surface area contributed by atoms with E-state index in [0.29, 0.717) is 18.8 Å². The van der Waals surface area contributed by atoms with E-state index >= 15 is 0 Å². The number of hydrogen-bond acceptors (Lipinski definition) is 5. The van der Waals surface area contributed by atoms with Gasteiger partial charge in [-0.05, 0) is 19.1 Å². The van der Waals surface area contributed by atoms with Crippen LogP contribution in [-0.4, -0.2) is 42.4 Å². The largest absolute Gasteiger partial charge is 0.469 e. The molecular formula is C15H20N2O5. The normalized spacial score (nSPS) is 19.1. The Bertz CT molecular complexity index is 540. The van der Waals surface area contributed by atoms with E-state index < -0.39 is 5.92 Å².